The third-order valence-electron chi connectivity index (χ3n) is 1.34. The standard InChI is InChI=1S/C9H16NO4.Fm/c1-9(2,3)14-8(13)7(4-5-11)10-6-12;/h7,11H,4-5H2,1-3H3,(H,10,12);/q-1;. The second-order valence-corrected chi connectivity index (χ2v) is 3.84. The molecule has 1 unspecified atom stereocenters. The van der Waals surface area contributed by atoms with E-state index in [0.29, 0.717) is 0 Å². The van der Waals surface area contributed by atoms with Crippen LogP contribution in [-0.2, 0) is 14.3 Å². The normalized spacial score (nSPS) is 12.3. The average molecular weight is 459 g/mol. The molecule has 1 atom stereocenters. The maximum atomic E-state index is 11.4. The van der Waals surface area contributed by atoms with Crippen LogP contribution in [0, 0.1) is 0 Å². The molecule has 0 fully saturated rings. The number of amides is 1. The molecule has 0 rings (SSSR count). The van der Waals surface area contributed by atoms with Crippen molar-refractivity contribution in [3.63, 3.8) is 0 Å². The molecule has 0 aliphatic heterocycles. The van der Waals surface area contributed by atoms with Gasteiger partial charge in [-0.15, -0.1) is 0 Å². The van der Waals surface area contributed by atoms with Gasteiger partial charge >= 0.3 is 5.97 Å². The van der Waals surface area contributed by atoms with Gasteiger partial charge in [0.05, 0.1) is 6.04 Å². The molecule has 0 aliphatic carbocycles. The number of ether oxygens (including phenoxy) is 1. The van der Waals surface area contributed by atoms with E-state index in [9.17, 15) is 9.59 Å². The molecular formula is C9H16FmNO4-. The number of hydrogen-bond acceptors (Lipinski definition) is 4. The minimum absolute atomic E-state index is 0. The number of carbonyl (C=O) groups is 1. The molecule has 15 heavy (non-hydrogen) atoms. The smallest absolute Gasteiger partial charge is 0.326 e. The molecule has 0 bridgehead atoms. The average Bonchev–Trinajstić information content (AvgIpc) is 2.01. The van der Waals surface area contributed by atoms with E-state index in [1.807, 2.05) is 0 Å². The molecule has 0 aromatic carbocycles. The predicted octanol–water partition coefficient (Wildman–Crippen LogP) is -0.264. The fourth-order valence-electron chi connectivity index (χ4n) is 0.822. The molecule has 2 N–H and O–H groups in total. The molecule has 0 saturated carbocycles. The van der Waals surface area contributed by atoms with E-state index in [-0.39, 0.29) is 13.0 Å². The van der Waals surface area contributed by atoms with Gasteiger partial charge in [-0.2, -0.15) is 6.41 Å². The summed E-state index contributed by atoms with van der Waals surface area (Å²) >= 11 is 0. The van der Waals surface area contributed by atoms with Crippen LogP contribution in [0.3, 0.4) is 0 Å². The van der Waals surface area contributed by atoms with Crippen LogP contribution in [0.25, 0.3) is 0 Å². The molecule has 0 radical (unpaired) electrons. The van der Waals surface area contributed by atoms with Crippen molar-refractivity contribution in [2.75, 3.05) is 6.61 Å². The topological polar surface area (TPSA) is 75.6 Å². The van der Waals surface area contributed by atoms with Crippen LogP contribution in [0.2, 0.25) is 0 Å². The fraction of sp³-hybridized carbons (Fsp3) is 0.778. The van der Waals surface area contributed by atoms with E-state index < -0.39 is 17.6 Å². The summed E-state index contributed by atoms with van der Waals surface area (Å²) in [5, 5.41) is 10.8. The van der Waals surface area contributed by atoms with Gasteiger partial charge in [-0.25, -0.2) is 4.79 Å². The first-order valence-electron chi connectivity index (χ1n) is 4.37. The van der Waals surface area contributed by atoms with E-state index in [0.717, 1.165) is 0 Å². The first kappa shape index (κ1) is 15.4. The first-order valence-corrected chi connectivity index (χ1v) is 4.37. The van der Waals surface area contributed by atoms with Crippen molar-refractivity contribution in [1.82, 2.24) is 5.32 Å². The van der Waals surface area contributed by atoms with Gasteiger partial charge in [0.1, 0.15) is 5.60 Å². The zero-order valence-electron chi connectivity index (χ0n) is 8.95. The minimum Gasteiger partial charge on any atom is -0.520 e. The largest absolute Gasteiger partial charge is 0.520 e. The molecule has 5 nitrogen and oxygen atoms in total. The summed E-state index contributed by atoms with van der Waals surface area (Å²) in [5.41, 5.74) is -0.602. The molecule has 0 aliphatic rings. The number of aliphatic hydroxyl groups is 1. The van der Waals surface area contributed by atoms with Gasteiger partial charge in [0, 0.05) is 6.61 Å². The Hall–Kier alpha value is -2.10. The van der Waals surface area contributed by atoms with Crippen molar-refractivity contribution in [2.45, 2.75) is 38.8 Å². The van der Waals surface area contributed by atoms with E-state index in [1.54, 1.807) is 20.8 Å². The minimum atomic E-state index is -0.822. The van der Waals surface area contributed by atoms with Gasteiger partial charge in [0.25, 0.3) is 0 Å². The van der Waals surface area contributed by atoms with Crippen LogP contribution in [-0.4, -0.2) is 35.7 Å². The Morgan fingerprint density at radius 1 is 1.53 bits per heavy atom. The van der Waals surface area contributed by atoms with Crippen molar-refractivity contribution in [3.05, 3.63) is 0 Å². The SMILES string of the molecule is CC(C)(C)OC(=O)C(CCO)N[C-]=O.[Fm]. The summed E-state index contributed by atoms with van der Waals surface area (Å²) in [6.45, 7) is 4.99. The third-order valence-corrected chi connectivity index (χ3v) is 1.34. The summed E-state index contributed by atoms with van der Waals surface area (Å²) in [7, 11) is 0. The molecule has 0 aromatic rings. The van der Waals surface area contributed by atoms with E-state index in [4.69, 9.17) is 9.84 Å². The number of rotatable bonds is 5. The molecule has 94 valence electrons. The zero-order valence-corrected chi connectivity index (χ0v) is 11.4. The van der Waals surface area contributed by atoms with Crippen LogP contribution >= 0.6 is 0 Å². The maximum Gasteiger partial charge on any atom is 0.326 e. The van der Waals surface area contributed by atoms with Crippen molar-refractivity contribution < 1.29 is 19.4 Å². The van der Waals surface area contributed by atoms with Crippen LogP contribution < -0.4 is 5.32 Å². The van der Waals surface area contributed by atoms with Gasteiger partial charge < -0.3 is 20.0 Å². The Labute approximate surface area is 83.4 Å². The molecule has 0 heterocycles. The summed E-state index contributed by atoms with van der Waals surface area (Å²) in [6, 6.07) is -0.822. The van der Waals surface area contributed by atoms with E-state index >= 15 is 0 Å². The number of carbonyl (C=O) groups excluding carboxylic acids is 2. The summed E-state index contributed by atoms with van der Waals surface area (Å²) in [4.78, 5) is 21.4. The van der Waals surface area contributed by atoms with Crippen LogP contribution in [0.15, 0.2) is 0 Å². The van der Waals surface area contributed by atoms with Crippen LogP contribution in [0.1, 0.15) is 27.2 Å². The zero-order chi connectivity index (χ0) is 11.2. The van der Waals surface area contributed by atoms with Crippen molar-refractivity contribution >= 4 is 12.4 Å². The van der Waals surface area contributed by atoms with Gasteiger partial charge in [0.15, 0.2) is 0 Å². The number of nitrogens with one attached hydrogen (secondary N) is 1. The van der Waals surface area contributed by atoms with Crippen LogP contribution in [0.5, 0.6) is 0 Å². The van der Waals surface area contributed by atoms with E-state index in [1.165, 1.54) is 6.41 Å². The van der Waals surface area contributed by atoms with Gasteiger partial charge in [-0.1, -0.05) is 0 Å². The monoisotopic (exact) mass is 459 g/mol. The Balaban J connectivity index is 0. The van der Waals surface area contributed by atoms with Crippen LogP contribution in [0.4, 0.5) is 0 Å². The summed E-state index contributed by atoms with van der Waals surface area (Å²) in [5.74, 6) is -0.560. The van der Waals surface area contributed by atoms with Gasteiger partial charge in [0.2, 0.25) is 0 Å². The quantitative estimate of drug-likeness (QED) is 0.338. The van der Waals surface area contributed by atoms with Gasteiger partial charge in [-0.05, 0) is 27.2 Å². The summed E-state index contributed by atoms with van der Waals surface area (Å²) in [6.07, 6.45) is 1.54. The molecule has 0 aromatic heterocycles. The number of esters is 1. The Kier molecular flexibility index (Phi) is 6.53. The summed E-state index contributed by atoms with van der Waals surface area (Å²) < 4.78 is 5.01. The van der Waals surface area contributed by atoms with Crippen molar-refractivity contribution in [3.8, 4) is 0 Å². The van der Waals surface area contributed by atoms with Crippen molar-refractivity contribution in [2.24, 2.45) is 0 Å². The Morgan fingerprint density at radius 3 is 2.40 bits per heavy atom. The molecule has 6 heteroatoms. The Bertz CT molecular complexity index is 203. The fourth-order valence-corrected chi connectivity index (χ4v) is 0.822. The second kappa shape index (κ2) is 6.37. The molecule has 0 saturated heterocycles. The molecular weight excluding hydrogens is 443 g/mol. The second-order valence-electron chi connectivity index (χ2n) is 3.84. The maximum absolute atomic E-state index is 11.4. The van der Waals surface area contributed by atoms with Crippen molar-refractivity contribution in [1.29, 1.82) is 0 Å². The van der Waals surface area contributed by atoms with E-state index in [2.05, 4.69) is 5.32 Å². The first-order chi connectivity index (χ1) is 6.40. The predicted molar refractivity (Wildman–Crippen MR) is 50.2 cm³/mol. The molecule has 1 amide bonds. The number of aliphatic hydroxyl groups excluding tert-OH is 1. The molecule has 0 spiro atoms. The Morgan fingerprint density at radius 2 is 2.07 bits per heavy atom. The van der Waals surface area contributed by atoms with Gasteiger partial charge in [-0.3, -0.25) is 0 Å². The third kappa shape index (κ3) is 7.01. The number of hydrogen-bond donors (Lipinski definition) is 2.